The molecular weight excluding hydrogens is 282 g/mol. The summed E-state index contributed by atoms with van der Waals surface area (Å²) in [6, 6.07) is 0. The Morgan fingerprint density at radius 1 is 1.36 bits per heavy atom. The topological polar surface area (TPSA) is 95.1 Å². The second-order valence-corrected chi connectivity index (χ2v) is 6.46. The molecule has 3 N–H and O–H groups in total. The standard InChI is InChI=1S/C16H27N3O3/c1-6-11-12(7-2)18-19-15(22)13(11)14(21)17-9-16(4,5)8-10(3)20/h10,20H,6-9H2,1-5H3,(H,17,21)(H,19,22). The van der Waals surface area contributed by atoms with Gasteiger partial charge < -0.3 is 10.4 Å². The van der Waals surface area contributed by atoms with Crippen molar-refractivity contribution < 1.29 is 9.90 Å². The Morgan fingerprint density at radius 3 is 2.50 bits per heavy atom. The van der Waals surface area contributed by atoms with Crippen LogP contribution < -0.4 is 10.9 Å². The predicted octanol–water partition coefficient (Wildman–Crippen LogP) is 1.42. The second-order valence-electron chi connectivity index (χ2n) is 6.46. The van der Waals surface area contributed by atoms with E-state index in [0.717, 1.165) is 5.69 Å². The van der Waals surface area contributed by atoms with Crippen molar-refractivity contribution >= 4 is 5.91 Å². The summed E-state index contributed by atoms with van der Waals surface area (Å²) < 4.78 is 0. The van der Waals surface area contributed by atoms with Crippen LogP contribution in [-0.2, 0) is 12.8 Å². The fourth-order valence-corrected chi connectivity index (χ4v) is 2.72. The van der Waals surface area contributed by atoms with Gasteiger partial charge in [-0.05, 0) is 37.2 Å². The summed E-state index contributed by atoms with van der Waals surface area (Å²) in [6.07, 6.45) is 1.38. The Labute approximate surface area is 131 Å². The van der Waals surface area contributed by atoms with E-state index in [1.807, 2.05) is 27.7 Å². The smallest absolute Gasteiger partial charge is 0.277 e. The minimum atomic E-state index is -0.458. The Balaban J connectivity index is 2.97. The molecule has 0 aliphatic heterocycles. The highest BCUT2D eigenvalue weighted by Gasteiger charge is 2.24. The number of carbonyl (C=O) groups excluding carboxylic acids is 1. The summed E-state index contributed by atoms with van der Waals surface area (Å²) in [4.78, 5) is 24.4. The van der Waals surface area contributed by atoms with Gasteiger partial charge >= 0.3 is 0 Å². The number of aromatic nitrogens is 2. The van der Waals surface area contributed by atoms with Crippen LogP contribution >= 0.6 is 0 Å². The molecule has 0 aromatic carbocycles. The number of amides is 1. The molecule has 6 heteroatoms. The fraction of sp³-hybridized carbons (Fsp3) is 0.688. The van der Waals surface area contributed by atoms with Crippen LogP contribution in [0.2, 0.25) is 0 Å². The van der Waals surface area contributed by atoms with Crippen LogP contribution in [0.1, 0.15) is 62.7 Å². The minimum absolute atomic E-state index is 0.155. The Hall–Kier alpha value is -1.69. The lowest BCUT2D eigenvalue weighted by Crippen LogP contribution is -2.39. The van der Waals surface area contributed by atoms with E-state index in [2.05, 4.69) is 15.5 Å². The van der Waals surface area contributed by atoms with Crippen LogP contribution in [0.4, 0.5) is 0 Å². The Bertz CT molecular complexity index is 576. The molecule has 6 nitrogen and oxygen atoms in total. The van der Waals surface area contributed by atoms with E-state index < -0.39 is 11.7 Å². The molecule has 0 radical (unpaired) electrons. The Morgan fingerprint density at radius 2 is 2.00 bits per heavy atom. The van der Waals surface area contributed by atoms with Gasteiger partial charge in [-0.1, -0.05) is 27.7 Å². The van der Waals surface area contributed by atoms with E-state index in [9.17, 15) is 14.7 Å². The number of aliphatic hydroxyl groups excluding tert-OH is 1. The molecule has 0 saturated heterocycles. The number of rotatable bonds is 7. The highest BCUT2D eigenvalue weighted by molar-refractivity contribution is 5.95. The average molecular weight is 309 g/mol. The number of aryl methyl sites for hydroxylation is 1. The number of carbonyl (C=O) groups is 1. The van der Waals surface area contributed by atoms with Crippen molar-refractivity contribution in [3.05, 3.63) is 27.2 Å². The molecule has 22 heavy (non-hydrogen) atoms. The van der Waals surface area contributed by atoms with Crippen LogP contribution in [0.15, 0.2) is 4.79 Å². The van der Waals surface area contributed by atoms with Crippen molar-refractivity contribution in [2.45, 2.75) is 60.0 Å². The van der Waals surface area contributed by atoms with Crippen molar-refractivity contribution in [3.63, 3.8) is 0 Å². The van der Waals surface area contributed by atoms with Crippen LogP contribution in [-0.4, -0.2) is 33.9 Å². The van der Waals surface area contributed by atoms with E-state index in [-0.39, 0.29) is 16.9 Å². The maximum Gasteiger partial charge on any atom is 0.277 e. The molecule has 1 unspecified atom stereocenters. The fourth-order valence-electron chi connectivity index (χ4n) is 2.72. The van der Waals surface area contributed by atoms with Crippen molar-refractivity contribution in [1.29, 1.82) is 0 Å². The molecule has 0 aliphatic rings. The van der Waals surface area contributed by atoms with E-state index in [4.69, 9.17) is 0 Å². The molecule has 124 valence electrons. The molecule has 1 aromatic rings. The summed E-state index contributed by atoms with van der Waals surface area (Å²) >= 11 is 0. The molecular formula is C16H27N3O3. The first-order valence-corrected chi connectivity index (χ1v) is 7.78. The molecule has 1 heterocycles. The van der Waals surface area contributed by atoms with Gasteiger partial charge in [0.15, 0.2) is 0 Å². The van der Waals surface area contributed by atoms with E-state index in [1.54, 1.807) is 6.92 Å². The van der Waals surface area contributed by atoms with Crippen molar-refractivity contribution in [3.8, 4) is 0 Å². The van der Waals surface area contributed by atoms with Gasteiger partial charge in [-0.25, -0.2) is 5.10 Å². The quantitative estimate of drug-likeness (QED) is 0.710. The van der Waals surface area contributed by atoms with Gasteiger partial charge in [-0.3, -0.25) is 9.59 Å². The summed E-state index contributed by atoms with van der Waals surface area (Å²) in [7, 11) is 0. The van der Waals surface area contributed by atoms with Crippen LogP contribution in [0.25, 0.3) is 0 Å². The third-order valence-corrected chi connectivity index (χ3v) is 3.66. The van der Waals surface area contributed by atoms with Gasteiger partial charge in [-0.15, -0.1) is 0 Å². The molecule has 0 bridgehead atoms. The Kier molecular flexibility index (Phi) is 6.29. The first-order chi connectivity index (χ1) is 10.2. The van der Waals surface area contributed by atoms with Crippen molar-refractivity contribution in [2.24, 2.45) is 5.41 Å². The van der Waals surface area contributed by atoms with E-state index in [0.29, 0.717) is 31.4 Å². The second kappa shape index (κ2) is 7.54. The summed E-state index contributed by atoms with van der Waals surface area (Å²) in [6.45, 7) is 9.89. The van der Waals surface area contributed by atoms with E-state index >= 15 is 0 Å². The van der Waals surface area contributed by atoms with Gasteiger partial charge in [0.2, 0.25) is 0 Å². The average Bonchev–Trinajstić information content (AvgIpc) is 2.43. The molecule has 0 saturated carbocycles. The van der Waals surface area contributed by atoms with Crippen LogP contribution in [0.3, 0.4) is 0 Å². The van der Waals surface area contributed by atoms with Gasteiger partial charge in [0.25, 0.3) is 11.5 Å². The molecule has 0 aliphatic carbocycles. The molecule has 0 fully saturated rings. The zero-order valence-corrected chi connectivity index (χ0v) is 14.1. The van der Waals surface area contributed by atoms with Crippen LogP contribution in [0.5, 0.6) is 0 Å². The number of aromatic amines is 1. The SMILES string of the molecule is CCc1n[nH]c(=O)c(C(=O)NCC(C)(C)CC(C)O)c1CC. The highest BCUT2D eigenvalue weighted by Crippen LogP contribution is 2.21. The van der Waals surface area contributed by atoms with Gasteiger partial charge in [0, 0.05) is 6.54 Å². The van der Waals surface area contributed by atoms with Gasteiger partial charge in [-0.2, -0.15) is 5.10 Å². The minimum Gasteiger partial charge on any atom is -0.393 e. The lowest BCUT2D eigenvalue weighted by atomic mass is 9.87. The third kappa shape index (κ3) is 4.66. The number of aliphatic hydroxyl groups is 1. The third-order valence-electron chi connectivity index (χ3n) is 3.66. The molecule has 0 spiro atoms. The first kappa shape index (κ1) is 18.4. The number of nitrogens with one attached hydrogen (secondary N) is 2. The molecule has 1 atom stereocenters. The maximum absolute atomic E-state index is 12.4. The molecule has 1 aromatic heterocycles. The zero-order valence-electron chi connectivity index (χ0n) is 14.1. The van der Waals surface area contributed by atoms with Crippen molar-refractivity contribution in [2.75, 3.05) is 6.54 Å². The zero-order chi connectivity index (χ0) is 16.9. The largest absolute Gasteiger partial charge is 0.393 e. The van der Waals surface area contributed by atoms with Crippen molar-refractivity contribution in [1.82, 2.24) is 15.5 Å². The lowest BCUT2D eigenvalue weighted by Gasteiger charge is -2.26. The van der Waals surface area contributed by atoms with Gasteiger partial charge in [0.1, 0.15) is 5.56 Å². The summed E-state index contributed by atoms with van der Waals surface area (Å²) in [5.74, 6) is -0.381. The molecule has 1 rings (SSSR count). The molecule has 1 amide bonds. The maximum atomic E-state index is 12.4. The normalized spacial score (nSPS) is 13.0. The van der Waals surface area contributed by atoms with Crippen LogP contribution in [0, 0.1) is 5.41 Å². The predicted molar refractivity (Wildman–Crippen MR) is 86.0 cm³/mol. The highest BCUT2D eigenvalue weighted by atomic mass is 16.3. The first-order valence-electron chi connectivity index (χ1n) is 7.78. The number of hydrogen-bond donors (Lipinski definition) is 3. The number of H-pyrrole nitrogens is 1. The monoisotopic (exact) mass is 309 g/mol. The number of hydrogen-bond acceptors (Lipinski definition) is 4. The summed E-state index contributed by atoms with van der Waals surface area (Å²) in [5.41, 5.74) is 0.901. The van der Waals surface area contributed by atoms with E-state index in [1.165, 1.54) is 0 Å². The summed E-state index contributed by atoms with van der Waals surface area (Å²) in [5, 5.41) is 18.7. The number of nitrogens with zero attached hydrogens (tertiary/aromatic N) is 1. The van der Waals surface area contributed by atoms with Gasteiger partial charge in [0.05, 0.1) is 11.8 Å². The lowest BCUT2D eigenvalue weighted by molar-refractivity contribution is 0.0899.